The van der Waals surface area contributed by atoms with Crippen LogP contribution in [-0.2, 0) is 7.05 Å². The minimum Gasteiger partial charge on any atom is -0.351 e. The van der Waals surface area contributed by atoms with Gasteiger partial charge in [0.2, 0.25) is 0 Å². The van der Waals surface area contributed by atoms with Crippen LogP contribution >= 0.6 is 15.9 Å². The summed E-state index contributed by atoms with van der Waals surface area (Å²) >= 11 is 3.32. The Labute approximate surface area is 117 Å². The molecule has 0 radical (unpaired) electrons. The molecular formula is C12H21BrN4O. The number of aromatic nitrogens is 2. The normalized spacial score (nSPS) is 10.9. The molecule has 1 heterocycles. The maximum Gasteiger partial charge on any atom is 0.272 e. The van der Waals surface area contributed by atoms with Gasteiger partial charge in [-0.05, 0) is 42.0 Å². The molecule has 1 amide bonds. The van der Waals surface area contributed by atoms with Crippen molar-refractivity contribution in [3.05, 3.63) is 16.4 Å². The van der Waals surface area contributed by atoms with Crippen molar-refractivity contribution in [3.8, 4) is 0 Å². The van der Waals surface area contributed by atoms with Crippen LogP contribution in [0.15, 0.2) is 10.7 Å². The zero-order valence-corrected chi connectivity index (χ0v) is 12.8. The Morgan fingerprint density at radius 2 is 2.17 bits per heavy atom. The molecule has 1 aromatic heterocycles. The highest BCUT2D eigenvalue weighted by Crippen LogP contribution is 2.13. The second-order valence-corrected chi connectivity index (χ2v) is 4.99. The summed E-state index contributed by atoms with van der Waals surface area (Å²) in [6.45, 7) is 8.08. The molecule has 1 N–H and O–H groups in total. The largest absolute Gasteiger partial charge is 0.351 e. The van der Waals surface area contributed by atoms with E-state index in [1.807, 2.05) is 0 Å². The van der Waals surface area contributed by atoms with Crippen LogP contribution in [0.2, 0.25) is 0 Å². The van der Waals surface area contributed by atoms with E-state index in [-0.39, 0.29) is 5.91 Å². The molecule has 0 saturated heterocycles. The van der Waals surface area contributed by atoms with E-state index in [1.165, 1.54) is 0 Å². The summed E-state index contributed by atoms with van der Waals surface area (Å²) in [5, 5.41) is 6.99. The fourth-order valence-corrected chi connectivity index (χ4v) is 2.30. The van der Waals surface area contributed by atoms with Gasteiger partial charge in [0, 0.05) is 19.8 Å². The Kier molecular flexibility index (Phi) is 6.35. The predicted molar refractivity (Wildman–Crippen MR) is 75.6 cm³/mol. The van der Waals surface area contributed by atoms with Crippen molar-refractivity contribution >= 4 is 21.8 Å². The lowest BCUT2D eigenvalue weighted by Crippen LogP contribution is -2.30. The summed E-state index contributed by atoms with van der Waals surface area (Å²) in [6.07, 6.45) is 2.72. The van der Waals surface area contributed by atoms with E-state index in [4.69, 9.17) is 0 Å². The quantitative estimate of drug-likeness (QED) is 0.778. The van der Waals surface area contributed by atoms with Gasteiger partial charge in [-0.2, -0.15) is 5.10 Å². The van der Waals surface area contributed by atoms with Gasteiger partial charge in [-0.3, -0.25) is 9.48 Å². The van der Waals surface area contributed by atoms with E-state index in [0.29, 0.717) is 12.2 Å². The Morgan fingerprint density at radius 3 is 2.67 bits per heavy atom. The Bertz CT molecular complexity index is 387. The van der Waals surface area contributed by atoms with Crippen LogP contribution in [0.3, 0.4) is 0 Å². The van der Waals surface area contributed by atoms with Crippen molar-refractivity contribution in [2.45, 2.75) is 20.3 Å². The minimum atomic E-state index is -0.123. The van der Waals surface area contributed by atoms with Gasteiger partial charge in [-0.25, -0.2) is 0 Å². The molecule has 0 bridgehead atoms. The van der Waals surface area contributed by atoms with Crippen LogP contribution in [0.4, 0.5) is 0 Å². The predicted octanol–water partition coefficient (Wildman–Crippen LogP) is 1.64. The van der Waals surface area contributed by atoms with E-state index >= 15 is 0 Å². The van der Waals surface area contributed by atoms with Gasteiger partial charge < -0.3 is 10.2 Å². The molecule has 0 atom stereocenters. The molecule has 0 aromatic carbocycles. The highest BCUT2D eigenvalue weighted by atomic mass is 79.9. The molecule has 102 valence electrons. The van der Waals surface area contributed by atoms with Gasteiger partial charge in [-0.15, -0.1) is 0 Å². The Morgan fingerprint density at radius 1 is 1.50 bits per heavy atom. The van der Waals surface area contributed by atoms with Gasteiger partial charge in [0.15, 0.2) is 5.69 Å². The summed E-state index contributed by atoms with van der Waals surface area (Å²) in [4.78, 5) is 14.2. The number of halogens is 1. The number of aryl methyl sites for hydroxylation is 1. The lowest BCUT2D eigenvalue weighted by molar-refractivity contribution is 0.0945. The third kappa shape index (κ3) is 4.42. The van der Waals surface area contributed by atoms with Crippen molar-refractivity contribution in [2.24, 2.45) is 7.05 Å². The Hall–Kier alpha value is -0.880. The number of amides is 1. The first-order valence-electron chi connectivity index (χ1n) is 6.28. The van der Waals surface area contributed by atoms with Crippen molar-refractivity contribution in [3.63, 3.8) is 0 Å². The van der Waals surface area contributed by atoms with Crippen LogP contribution < -0.4 is 5.32 Å². The maximum atomic E-state index is 11.8. The fourth-order valence-electron chi connectivity index (χ4n) is 1.74. The van der Waals surface area contributed by atoms with Crippen LogP contribution in [0, 0.1) is 0 Å². The first-order chi connectivity index (χ1) is 8.58. The highest BCUT2D eigenvalue weighted by Gasteiger charge is 2.13. The number of nitrogens with one attached hydrogen (secondary N) is 1. The first kappa shape index (κ1) is 15.2. The zero-order valence-electron chi connectivity index (χ0n) is 11.2. The standard InChI is InChI=1S/C12H21BrN4O/c1-4-17(5-2)8-6-7-14-12(18)11-10(13)9-16(3)15-11/h9H,4-8H2,1-3H3,(H,14,18). The average Bonchev–Trinajstić information content (AvgIpc) is 2.68. The van der Waals surface area contributed by atoms with Gasteiger partial charge in [-0.1, -0.05) is 13.8 Å². The van der Waals surface area contributed by atoms with Crippen molar-refractivity contribution in [1.29, 1.82) is 0 Å². The molecule has 18 heavy (non-hydrogen) atoms. The molecule has 0 aliphatic heterocycles. The average molecular weight is 317 g/mol. The highest BCUT2D eigenvalue weighted by molar-refractivity contribution is 9.10. The number of hydrogen-bond donors (Lipinski definition) is 1. The van der Waals surface area contributed by atoms with E-state index in [9.17, 15) is 4.79 Å². The van der Waals surface area contributed by atoms with E-state index in [2.05, 4.69) is 45.1 Å². The first-order valence-corrected chi connectivity index (χ1v) is 7.07. The molecule has 5 nitrogen and oxygen atoms in total. The number of carbonyl (C=O) groups excluding carboxylic acids is 1. The third-order valence-electron chi connectivity index (χ3n) is 2.83. The summed E-state index contributed by atoms with van der Waals surface area (Å²) in [5.74, 6) is -0.123. The molecule has 0 aliphatic rings. The molecule has 0 aliphatic carbocycles. The summed E-state index contributed by atoms with van der Waals surface area (Å²) in [7, 11) is 1.79. The third-order valence-corrected chi connectivity index (χ3v) is 3.41. The van der Waals surface area contributed by atoms with Crippen LogP contribution in [0.5, 0.6) is 0 Å². The molecule has 6 heteroatoms. The van der Waals surface area contributed by atoms with E-state index in [0.717, 1.165) is 30.5 Å². The van der Waals surface area contributed by atoms with E-state index in [1.54, 1.807) is 17.9 Å². The molecule has 1 rings (SSSR count). The zero-order chi connectivity index (χ0) is 13.5. The molecule has 0 spiro atoms. The number of rotatable bonds is 7. The molecule has 1 aromatic rings. The molecular weight excluding hydrogens is 296 g/mol. The summed E-state index contributed by atoms with van der Waals surface area (Å²) in [5.41, 5.74) is 0.445. The SMILES string of the molecule is CCN(CC)CCCNC(=O)c1nn(C)cc1Br. The molecule has 0 unspecified atom stereocenters. The van der Waals surface area contributed by atoms with Crippen LogP contribution in [0.25, 0.3) is 0 Å². The van der Waals surface area contributed by atoms with Crippen LogP contribution in [-0.4, -0.2) is 46.8 Å². The lowest BCUT2D eigenvalue weighted by Gasteiger charge is -2.17. The Balaban J connectivity index is 2.32. The van der Waals surface area contributed by atoms with Crippen molar-refractivity contribution in [1.82, 2.24) is 20.0 Å². The topological polar surface area (TPSA) is 50.2 Å². The van der Waals surface area contributed by atoms with Crippen LogP contribution in [0.1, 0.15) is 30.8 Å². The van der Waals surface area contributed by atoms with Crippen molar-refractivity contribution < 1.29 is 4.79 Å². The second-order valence-electron chi connectivity index (χ2n) is 4.14. The van der Waals surface area contributed by atoms with E-state index < -0.39 is 0 Å². The number of hydrogen-bond acceptors (Lipinski definition) is 3. The lowest BCUT2D eigenvalue weighted by atomic mass is 10.3. The minimum absolute atomic E-state index is 0.123. The van der Waals surface area contributed by atoms with Gasteiger partial charge in [0.25, 0.3) is 5.91 Å². The maximum absolute atomic E-state index is 11.8. The number of nitrogens with zero attached hydrogens (tertiary/aromatic N) is 3. The fraction of sp³-hybridized carbons (Fsp3) is 0.667. The monoisotopic (exact) mass is 316 g/mol. The second kappa shape index (κ2) is 7.53. The summed E-state index contributed by atoms with van der Waals surface area (Å²) in [6, 6.07) is 0. The number of carbonyl (C=O) groups is 1. The van der Waals surface area contributed by atoms with Gasteiger partial charge in [0.1, 0.15) is 0 Å². The van der Waals surface area contributed by atoms with Gasteiger partial charge >= 0.3 is 0 Å². The van der Waals surface area contributed by atoms with Crippen molar-refractivity contribution in [2.75, 3.05) is 26.2 Å². The molecule has 0 fully saturated rings. The smallest absolute Gasteiger partial charge is 0.272 e. The molecule has 0 saturated carbocycles. The summed E-state index contributed by atoms with van der Waals surface area (Å²) < 4.78 is 2.35. The van der Waals surface area contributed by atoms with Gasteiger partial charge in [0.05, 0.1) is 4.47 Å².